The maximum atomic E-state index is 14.2. The van der Waals surface area contributed by atoms with Crippen molar-refractivity contribution in [2.75, 3.05) is 45.1 Å². The van der Waals surface area contributed by atoms with Crippen molar-refractivity contribution < 1.29 is 18.4 Å². The van der Waals surface area contributed by atoms with Crippen molar-refractivity contribution in [1.29, 1.82) is 0 Å². The number of benzene rings is 1. The molecule has 2 N–H and O–H groups in total. The van der Waals surface area contributed by atoms with E-state index in [1.165, 1.54) is 17.1 Å². The lowest BCUT2D eigenvalue weighted by Gasteiger charge is -2.43. The Bertz CT molecular complexity index is 1540. The molecule has 1 aromatic rings. The number of hydrogen-bond donors (Lipinski definition) is 2. The van der Waals surface area contributed by atoms with Crippen LogP contribution >= 0.6 is 11.6 Å². The molecule has 0 saturated carbocycles. The molecule has 13 heteroatoms. The Morgan fingerprint density at radius 1 is 1.21 bits per heavy atom. The number of guanidine groups is 1. The van der Waals surface area contributed by atoms with Gasteiger partial charge in [-0.2, -0.15) is 5.43 Å². The summed E-state index contributed by atoms with van der Waals surface area (Å²) in [6.07, 6.45) is 7.22. The van der Waals surface area contributed by atoms with Gasteiger partial charge in [0, 0.05) is 51.9 Å². The van der Waals surface area contributed by atoms with Gasteiger partial charge in [0.25, 0.3) is 11.8 Å². The first-order valence-electron chi connectivity index (χ1n) is 15.9. The number of aliphatic imine (C=N–C) groups is 2. The second kappa shape index (κ2) is 15.2. The summed E-state index contributed by atoms with van der Waals surface area (Å²) >= 11 is 6.31. The number of carbonyl (C=O) groups is 2. The molecular weight excluding hydrogens is 626 g/mol. The molecule has 0 radical (unpaired) electrons. The van der Waals surface area contributed by atoms with Gasteiger partial charge in [0.2, 0.25) is 11.9 Å². The summed E-state index contributed by atoms with van der Waals surface area (Å²) in [5.74, 6) is -3.43. The number of carbonyl (C=O) groups excluding carboxylic acids is 2. The molecule has 0 spiro atoms. The number of amides is 2. The second-order valence-corrected chi connectivity index (χ2v) is 12.3. The summed E-state index contributed by atoms with van der Waals surface area (Å²) in [6, 6.07) is 3.76. The molecule has 2 amide bonds. The largest absolute Gasteiger partial charge is 0.374 e. The van der Waals surface area contributed by atoms with Crippen LogP contribution in [0, 0.1) is 0 Å². The molecule has 10 nitrogen and oxygen atoms in total. The fourth-order valence-corrected chi connectivity index (χ4v) is 6.05. The van der Waals surface area contributed by atoms with E-state index in [9.17, 15) is 18.4 Å². The van der Waals surface area contributed by atoms with Gasteiger partial charge in [-0.15, -0.1) is 0 Å². The van der Waals surface area contributed by atoms with E-state index in [1.807, 2.05) is 20.8 Å². The van der Waals surface area contributed by atoms with Gasteiger partial charge in [0.05, 0.1) is 16.4 Å². The molecule has 1 saturated heterocycles. The minimum Gasteiger partial charge on any atom is -0.374 e. The Morgan fingerprint density at radius 2 is 1.91 bits per heavy atom. The van der Waals surface area contributed by atoms with Crippen LogP contribution < -0.4 is 10.7 Å². The van der Waals surface area contributed by atoms with Crippen molar-refractivity contribution >= 4 is 41.3 Å². The second-order valence-electron chi connectivity index (χ2n) is 11.9. The first-order chi connectivity index (χ1) is 22.3. The van der Waals surface area contributed by atoms with Gasteiger partial charge in [-0.25, -0.2) is 18.8 Å². The molecule has 254 valence electrons. The van der Waals surface area contributed by atoms with Gasteiger partial charge in [0.1, 0.15) is 18.4 Å². The highest BCUT2D eigenvalue weighted by molar-refractivity contribution is 6.33. The summed E-state index contributed by atoms with van der Waals surface area (Å²) < 4.78 is 27.7. The third kappa shape index (κ3) is 8.10. The van der Waals surface area contributed by atoms with Crippen molar-refractivity contribution in [1.82, 2.24) is 25.1 Å². The normalized spacial score (nSPS) is 19.8. The van der Waals surface area contributed by atoms with Crippen molar-refractivity contribution in [2.45, 2.75) is 66.0 Å². The lowest BCUT2D eigenvalue weighted by atomic mass is 10.0. The standard InChI is InChI=1S/C34H45ClF2N8O2/c1-8-11-24(18-22(4)23(5)20-38-7)31-40-33-44(21-29(46)39-27-13-12-25(19-26(27)35)34(6,36)37)28(9-2)30(32(47)45(33)41-31)43-16-14-42(10-3)15-17-43/h10,12-13,18-20,31,41H,3,8-9,11,14-17,21H2,1-2,4-7H3,(H,39,46)/b23-22+,24-18+,38-20?. The number of nitrogens with one attached hydrogen (secondary N) is 2. The maximum absolute atomic E-state index is 14.2. The van der Waals surface area contributed by atoms with Gasteiger partial charge in [-0.1, -0.05) is 50.6 Å². The van der Waals surface area contributed by atoms with Crippen LogP contribution in [0.15, 0.2) is 75.2 Å². The fourth-order valence-electron chi connectivity index (χ4n) is 5.82. The van der Waals surface area contributed by atoms with Crippen LogP contribution in [0.3, 0.4) is 0 Å². The Balaban J connectivity index is 1.73. The number of hydrogen-bond acceptors (Lipinski definition) is 8. The monoisotopic (exact) mass is 670 g/mol. The van der Waals surface area contributed by atoms with Crippen LogP contribution in [0.4, 0.5) is 14.5 Å². The van der Waals surface area contributed by atoms with E-state index in [-0.39, 0.29) is 28.7 Å². The van der Waals surface area contributed by atoms with Crippen LogP contribution in [0.2, 0.25) is 5.02 Å². The predicted octanol–water partition coefficient (Wildman–Crippen LogP) is 5.88. The van der Waals surface area contributed by atoms with Crippen LogP contribution in [0.25, 0.3) is 0 Å². The molecule has 3 heterocycles. The number of anilines is 1. The molecule has 3 aliphatic rings. The summed E-state index contributed by atoms with van der Waals surface area (Å²) in [7, 11) is 1.73. The highest BCUT2D eigenvalue weighted by Crippen LogP contribution is 2.34. The van der Waals surface area contributed by atoms with Crippen LogP contribution in [0.5, 0.6) is 0 Å². The van der Waals surface area contributed by atoms with Crippen LogP contribution in [0.1, 0.15) is 59.4 Å². The average molecular weight is 671 g/mol. The number of fused-ring (bicyclic) bond motifs is 1. The molecule has 0 aromatic heterocycles. The van der Waals surface area contributed by atoms with E-state index in [0.29, 0.717) is 50.0 Å². The van der Waals surface area contributed by atoms with E-state index in [4.69, 9.17) is 16.6 Å². The molecule has 1 unspecified atom stereocenters. The Labute approximate surface area is 281 Å². The first-order valence-corrected chi connectivity index (χ1v) is 16.3. The zero-order valence-corrected chi connectivity index (χ0v) is 28.8. The maximum Gasteiger partial charge on any atom is 0.293 e. The fraction of sp³-hybridized carbons (Fsp3) is 0.471. The minimum atomic E-state index is -3.07. The smallest absolute Gasteiger partial charge is 0.293 e. The van der Waals surface area contributed by atoms with Crippen molar-refractivity contribution in [3.63, 3.8) is 0 Å². The predicted molar refractivity (Wildman–Crippen MR) is 184 cm³/mol. The summed E-state index contributed by atoms with van der Waals surface area (Å²) in [5.41, 5.74) is 7.51. The van der Waals surface area contributed by atoms with E-state index in [1.54, 1.807) is 24.4 Å². The van der Waals surface area contributed by atoms with Crippen molar-refractivity contribution in [2.24, 2.45) is 9.98 Å². The number of alkyl halides is 2. The highest BCUT2D eigenvalue weighted by atomic mass is 35.5. The Hall–Kier alpha value is -4.03. The molecule has 1 fully saturated rings. The minimum absolute atomic E-state index is 0.000905. The number of nitrogens with zero attached hydrogens (tertiary/aromatic N) is 6. The summed E-state index contributed by atoms with van der Waals surface area (Å²) in [6.45, 7) is 15.1. The SMILES string of the molecule is C=CN1CCN(C2=C(CC)N(CC(=O)Nc3ccc(C(C)(F)F)cc3Cl)C3=NC(/C(=C/C(C)=C(\C)C=NC)CCC)NN3C2=O)CC1. The third-order valence-electron chi connectivity index (χ3n) is 8.45. The highest BCUT2D eigenvalue weighted by Gasteiger charge is 2.45. The van der Waals surface area contributed by atoms with Crippen LogP contribution in [-0.2, 0) is 15.5 Å². The van der Waals surface area contributed by atoms with Crippen LogP contribution in [-0.4, -0.2) is 89.6 Å². The molecule has 0 bridgehead atoms. The average Bonchev–Trinajstić information content (AvgIpc) is 3.48. The number of allylic oxidation sites excluding steroid dienone is 4. The number of hydrazine groups is 1. The quantitative estimate of drug-likeness (QED) is 0.213. The molecule has 1 atom stereocenters. The Morgan fingerprint density at radius 3 is 2.49 bits per heavy atom. The molecule has 0 aliphatic carbocycles. The van der Waals surface area contributed by atoms with E-state index in [2.05, 4.69) is 45.1 Å². The zero-order valence-electron chi connectivity index (χ0n) is 28.0. The lowest BCUT2D eigenvalue weighted by molar-refractivity contribution is -0.129. The molecule has 1 aromatic carbocycles. The Kier molecular flexibility index (Phi) is 11.6. The van der Waals surface area contributed by atoms with Crippen molar-refractivity contribution in [3.05, 3.63) is 75.8 Å². The third-order valence-corrected chi connectivity index (χ3v) is 8.77. The number of rotatable bonds is 12. The van der Waals surface area contributed by atoms with E-state index >= 15 is 0 Å². The molecular formula is C34H45ClF2N8O2. The van der Waals surface area contributed by atoms with Gasteiger partial charge >= 0.3 is 0 Å². The first kappa shape index (κ1) is 35.8. The summed E-state index contributed by atoms with van der Waals surface area (Å²) in [4.78, 5) is 42.9. The van der Waals surface area contributed by atoms with E-state index in [0.717, 1.165) is 42.6 Å². The van der Waals surface area contributed by atoms with Gasteiger partial charge in [0.15, 0.2) is 0 Å². The van der Waals surface area contributed by atoms with Crippen molar-refractivity contribution in [3.8, 4) is 0 Å². The summed E-state index contributed by atoms with van der Waals surface area (Å²) in [5, 5.41) is 4.21. The molecule has 3 aliphatic heterocycles. The molecule has 4 rings (SSSR count). The van der Waals surface area contributed by atoms with Gasteiger partial charge < -0.3 is 20.0 Å². The van der Waals surface area contributed by atoms with Gasteiger partial charge in [-0.05, 0) is 61.7 Å². The number of piperazine rings is 1. The molecule has 47 heavy (non-hydrogen) atoms. The number of halogens is 3. The topological polar surface area (TPSA) is 95.9 Å². The lowest BCUT2D eigenvalue weighted by Crippen LogP contribution is -2.59. The van der Waals surface area contributed by atoms with E-state index < -0.39 is 18.0 Å². The van der Waals surface area contributed by atoms with Gasteiger partial charge in [-0.3, -0.25) is 14.6 Å². The zero-order chi connectivity index (χ0) is 34.5.